The molecule has 134 valence electrons. The molecule has 0 aromatic heterocycles. The maximum atomic E-state index is 13.2. The summed E-state index contributed by atoms with van der Waals surface area (Å²) in [5.41, 5.74) is 1.55. The van der Waals surface area contributed by atoms with Crippen molar-refractivity contribution in [3.8, 4) is 5.75 Å². The van der Waals surface area contributed by atoms with Crippen LogP contribution in [0.5, 0.6) is 5.75 Å². The molecule has 0 aliphatic carbocycles. The molecule has 0 saturated carbocycles. The van der Waals surface area contributed by atoms with Crippen LogP contribution in [0.3, 0.4) is 0 Å². The van der Waals surface area contributed by atoms with Gasteiger partial charge in [0.15, 0.2) is 0 Å². The van der Waals surface area contributed by atoms with Crippen LogP contribution in [-0.2, 0) is 6.61 Å². The van der Waals surface area contributed by atoms with Gasteiger partial charge >= 0.3 is 0 Å². The van der Waals surface area contributed by atoms with E-state index in [2.05, 4.69) is 5.32 Å². The van der Waals surface area contributed by atoms with Crippen molar-refractivity contribution in [2.75, 3.05) is 26.2 Å². The van der Waals surface area contributed by atoms with E-state index < -0.39 is 0 Å². The Morgan fingerprint density at radius 3 is 2.80 bits per heavy atom. The second kappa shape index (κ2) is 9.39. The molecule has 3 rings (SSSR count). The van der Waals surface area contributed by atoms with Gasteiger partial charge in [-0.15, -0.1) is 12.4 Å². The Morgan fingerprint density at radius 2 is 1.96 bits per heavy atom. The first kappa shape index (κ1) is 19.2. The number of amides is 1. The molecule has 1 fully saturated rings. The van der Waals surface area contributed by atoms with Gasteiger partial charge in [-0.25, -0.2) is 4.39 Å². The van der Waals surface area contributed by atoms with Crippen molar-refractivity contribution < 1.29 is 13.9 Å². The predicted octanol–water partition coefficient (Wildman–Crippen LogP) is 3.26. The highest BCUT2D eigenvalue weighted by molar-refractivity contribution is 5.94. The van der Waals surface area contributed by atoms with E-state index in [9.17, 15) is 9.18 Å². The third-order valence-corrected chi connectivity index (χ3v) is 4.00. The van der Waals surface area contributed by atoms with Crippen molar-refractivity contribution in [2.45, 2.75) is 13.0 Å². The fourth-order valence-corrected chi connectivity index (χ4v) is 2.75. The topological polar surface area (TPSA) is 41.6 Å². The number of halogens is 2. The third-order valence-electron chi connectivity index (χ3n) is 4.00. The highest BCUT2D eigenvalue weighted by Crippen LogP contribution is 2.15. The first-order chi connectivity index (χ1) is 11.7. The van der Waals surface area contributed by atoms with E-state index in [1.165, 1.54) is 12.1 Å². The van der Waals surface area contributed by atoms with Crippen molar-refractivity contribution >= 4 is 18.3 Å². The minimum Gasteiger partial charge on any atom is -0.489 e. The summed E-state index contributed by atoms with van der Waals surface area (Å²) in [7, 11) is 0. The van der Waals surface area contributed by atoms with Crippen LogP contribution < -0.4 is 10.1 Å². The van der Waals surface area contributed by atoms with Crippen LogP contribution in [0.2, 0.25) is 0 Å². The highest BCUT2D eigenvalue weighted by Gasteiger charge is 2.17. The number of benzene rings is 2. The van der Waals surface area contributed by atoms with Crippen LogP contribution in [0.4, 0.5) is 4.39 Å². The Hall–Kier alpha value is -2.11. The smallest absolute Gasteiger partial charge is 0.253 e. The fraction of sp³-hybridized carbons (Fsp3) is 0.316. The largest absolute Gasteiger partial charge is 0.489 e. The molecule has 1 amide bonds. The van der Waals surface area contributed by atoms with E-state index in [-0.39, 0.29) is 24.1 Å². The minimum absolute atomic E-state index is 0. The zero-order valence-electron chi connectivity index (χ0n) is 13.9. The van der Waals surface area contributed by atoms with Crippen molar-refractivity contribution in [2.24, 2.45) is 0 Å². The van der Waals surface area contributed by atoms with Crippen LogP contribution in [-0.4, -0.2) is 37.0 Å². The van der Waals surface area contributed by atoms with Gasteiger partial charge in [0.25, 0.3) is 5.91 Å². The summed E-state index contributed by atoms with van der Waals surface area (Å²) in [6.45, 7) is 3.57. The Kier molecular flexibility index (Phi) is 7.22. The molecular weight excluding hydrogens is 343 g/mol. The summed E-state index contributed by atoms with van der Waals surface area (Å²) < 4.78 is 18.8. The number of rotatable bonds is 4. The number of nitrogens with zero attached hydrogens (tertiary/aromatic N) is 1. The maximum Gasteiger partial charge on any atom is 0.253 e. The van der Waals surface area contributed by atoms with E-state index in [4.69, 9.17) is 4.74 Å². The Labute approximate surface area is 153 Å². The molecule has 1 aliphatic rings. The highest BCUT2D eigenvalue weighted by atomic mass is 35.5. The van der Waals surface area contributed by atoms with Crippen LogP contribution in [0.25, 0.3) is 0 Å². The molecule has 6 heteroatoms. The summed E-state index contributed by atoms with van der Waals surface area (Å²) in [6.07, 6.45) is 0.966. The van der Waals surface area contributed by atoms with E-state index >= 15 is 0 Å². The number of hydrogen-bond acceptors (Lipinski definition) is 3. The molecule has 0 spiro atoms. The van der Waals surface area contributed by atoms with Crippen molar-refractivity contribution in [3.05, 3.63) is 65.5 Å². The average molecular weight is 365 g/mol. The molecule has 4 nitrogen and oxygen atoms in total. The monoisotopic (exact) mass is 364 g/mol. The molecule has 2 aromatic rings. The van der Waals surface area contributed by atoms with Gasteiger partial charge in [0.05, 0.1) is 0 Å². The Bertz CT molecular complexity index is 703. The lowest BCUT2D eigenvalue weighted by Crippen LogP contribution is -2.34. The van der Waals surface area contributed by atoms with Crippen molar-refractivity contribution in [1.82, 2.24) is 10.2 Å². The van der Waals surface area contributed by atoms with Gasteiger partial charge < -0.3 is 15.0 Å². The molecule has 1 aliphatic heterocycles. The van der Waals surface area contributed by atoms with Gasteiger partial charge in [-0.1, -0.05) is 18.2 Å². The SMILES string of the molecule is Cl.O=C(c1cccc(COc2cccc(F)c2)c1)N1CCCNCC1. The quantitative estimate of drug-likeness (QED) is 0.905. The predicted molar refractivity (Wildman–Crippen MR) is 97.8 cm³/mol. The summed E-state index contributed by atoms with van der Waals surface area (Å²) in [4.78, 5) is 14.5. The molecule has 0 bridgehead atoms. The maximum absolute atomic E-state index is 13.2. The van der Waals surface area contributed by atoms with Gasteiger partial charge in [0.1, 0.15) is 18.2 Å². The average Bonchev–Trinajstić information content (AvgIpc) is 2.89. The van der Waals surface area contributed by atoms with Crippen LogP contribution in [0.1, 0.15) is 22.3 Å². The van der Waals surface area contributed by atoms with E-state index in [0.29, 0.717) is 17.9 Å². The zero-order chi connectivity index (χ0) is 16.8. The second-order valence-corrected chi connectivity index (χ2v) is 5.84. The molecule has 25 heavy (non-hydrogen) atoms. The number of carbonyl (C=O) groups excluding carboxylic acids is 1. The Balaban J connectivity index is 0.00000225. The van der Waals surface area contributed by atoms with Crippen LogP contribution in [0, 0.1) is 5.82 Å². The van der Waals surface area contributed by atoms with Crippen LogP contribution in [0.15, 0.2) is 48.5 Å². The lowest BCUT2D eigenvalue weighted by molar-refractivity contribution is 0.0766. The molecule has 0 unspecified atom stereocenters. The van der Waals surface area contributed by atoms with Gasteiger partial charge in [0.2, 0.25) is 0 Å². The standard InChI is InChI=1S/C19H21FN2O2.ClH/c20-17-6-2-7-18(13-17)24-14-15-4-1-5-16(12-15)19(23)22-10-3-8-21-9-11-22;/h1-2,4-7,12-13,21H,3,8-11,14H2;1H. The lowest BCUT2D eigenvalue weighted by Gasteiger charge is -2.20. The molecule has 2 aromatic carbocycles. The van der Waals surface area contributed by atoms with E-state index in [1.807, 2.05) is 29.2 Å². The van der Waals surface area contributed by atoms with Gasteiger partial charge in [0, 0.05) is 31.3 Å². The summed E-state index contributed by atoms with van der Waals surface area (Å²) in [6, 6.07) is 13.5. The third kappa shape index (κ3) is 5.44. The minimum atomic E-state index is -0.328. The molecule has 1 N–H and O–H groups in total. The van der Waals surface area contributed by atoms with E-state index in [1.54, 1.807) is 12.1 Å². The number of ether oxygens (including phenoxy) is 1. The molecular formula is C19H22ClFN2O2. The van der Waals surface area contributed by atoms with Gasteiger partial charge in [-0.05, 0) is 42.8 Å². The second-order valence-electron chi connectivity index (χ2n) is 5.84. The normalized spacial score (nSPS) is 14.4. The molecule has 0 atom stereocenters. The van der Waals surface area contributed by atoms with Crippen molar-refractivity contribution in [3.63, 3.8) is 0 Å². The summed E-state index contributed by atoms with van der Waals surface area (Å²) >= 11 is 0. The lowest BCUT2D eigenvalue weighted by atomic mass is 10.1. The molecule has 1 saturated heterocycles. The fourth-order valence-electron chi connectivity index (χ4n) is 2.75. The number of hydrogen-bond donors (Lipinski definition) is 1. The molecule has 0 radical (unpaired) electrons. The summed E-state index contributed by atoms with van der Waals surface area (Å²) in [5.74, 6) is 0.197. The molecule has 1 heterocycles. The van der Waals surface area contributed by atoms with Gasteiger partial charge in [-0.3, -0.25) is 4.79 Å². The Morgan fingerprint density at radius 1 is 1.12 bits per heavy atom. The van der Waals surface area contributed by atoms with Crippen LogP contribution >= 0.6 is 12.4 Å². The first-order valence-corrected chi connectivity index (χ1v) is 8.20. The number of nitrogens with one attached hydrogen (secondary N) is 1. The van der Waals surface area contributed by atoms with Gasteiger partial charge in [-0.2, -0.15) is 0 Å². The van der Waals surface area contributed by atoms with E-state index in [0.717, 1.165) is 38.2 Å². The van der Waals surface area contributed by atoms with Crippen molar-refractivity contribution in [1.29, 1.82) is 0 Å². The first-order valence-electron chi connectivity index (χ1n) is 8.20. The summed E-state index contributed by atoms with van der Waals surface area (Å²) in [5, 5.41) is 3.29. The zero-order valence-corrected chi connectivity index (χ0v) is 14.7. The number of carbonyl (C=O) groups is 1.